The Morgan fingerprint density at radius 2 is 1.83 bits per heavy atom. The smallest absolute Gasteiger partial charge is 0.303 e. The number of nitrogens with one attached hydrogen (secondary N) is 1. The largest absolute Gasteiger partial charge is 0.481 e. The second kappa shape index (κ2) is 12.5. The number of nitrogens with zero attached hydrogens (tertiary/aromatic N) is 1. The molecule has 7 nitrogen and oxygen atoms in total. The number of benzene rings is 2. The van der Waals surface area contributed by atoms with Crippen molar-refractivity contribution >= 4 is 16.0 Å². The van der Waals surface area contributed by atoms with Gasteiger partial charge in [-0.25, -0.2) is 17.2 Å². The van der Waals surface area contributed by atoms with E-state index in [1.165, 1.54) is 19.2 Å². The first kappa shape index (κ1) is 28.8. The van der Waals surface area contributed by atoms with E-state index >= 15 is 0 Å². The minimum atomic E-state index is -4.10. The SMILES string of the molecule is CN(CC(O)CNC(C)(C)CCCc1ccccc1F)S(=O)(=O)c1cc(F)cc(CCC(=O)O)c1. The van der Waals surface area contributed by atoms with Crippen LogP contribution in [0.25, 0.3) is 0 Å². The molecule has 2 rings (SSSR count). The molecule has 0 radical (unpaired) electrons. The monoisotopic (exact) mass is 512 g/mol. The zero-order chi connectivity index (χ0) is 26.2. The summed E-state index contributed by atoms with van der Waals surface area (Å²) < 4.78 is 54.5. The van der Waals surface area contributed by atoms with Crippen molar-refractivity contribution in [2.45, 2.75) is 62.5 Å². The molecule has 0 aliphatic carbocycles. The third kappa shape index (κ3) is 9.29. The lowest BCUT2D eigenvalue weighted by Crippen LogP contribution is -2.46. The molecule has 0 fully saturated rings. The number of carboxylic acids is 1. The lowest BCUT2D eigenvalue weighted by atomic mass is 9.95. The highest BCUT2D eigenvalue weighted by molar-refractivity contribution is 7.89. The lowest BCUT2D eigenvalue weighted by molar-refractivity contribution is -0.136. The maximum absolute atomic E-state index is 14.0. The summed E-state index contributed by atoms with van der Waals surface area (Å²) in [5.74, 6) is -2.08. The Hall–Kier alpha value is -2.40. The molecule has 0 spiro atoms. The van der Waals surface area contributed by atoms with Crippen LogP contribution in [0, 0.1) is 11.6 Å². The summed E-state index contributed by atoms with van der Waals surface area (Å²) in [6.45, 7) is 3.81. The number of carbonyl (C=O) groups is 1. The molecule has 0 aliphatic rings. The van der Waals surface area contributed by atoms with E-state index in [9.17, 15) is 27.1 Å². The van der Waals surface area contributed by atoms with Crippen molar-refractivity contribution in [1.82, 2.24) is 9.62 Å². The number of aliphatic hydroxyl groups excluding tert-OH is 1. The molecule has 3 N–H and O–H groups in total. The Morgan fingerprint density at radius 1 is 1.14 bits per heavy atom. The Labute approximate surface area is 205 Å². The molecule has 10 heteroatoms. The van der Waals surface area contributed by atoms with Gasteiger partial charge in [0.05, 0.1) is 11.0 Å². The van der Waals surface area contributed by atoms with Gasteiger partial charge in [-0.05, 0) is 74.9 Å². The summed E-state index contributed by atoms with van der Waals surface area (Å²) in [4.78, 5) is 10.5. The van der Waals surface area contributed by atoms with E-state index in [1.54, 1.807) is 18.2 Å². The van der Waals surface area contributed by atoms with Crippen molar-refractivity contribution in [1.29, 1.82) is 0 Å². The molecule has 2 aromatic carbocycles. The Morgan fingerprint density at radius 3 is 2.49 bits per heavy atom. The highest BCUT2D eigenvalue weighted by Crippen LogP contribution is 2.20. The molecule has 0 saturated heterocycles. The van der Waals surface area contributed by atoms with Crippen LogP contribution in [0.15, 0.2) is 47.4 Å². The van der Waals surface area contributed by atoms with Gasteiger partial charge in [-0.3, -0.25) is 4.79 Å². The van der Waals surface area contributed by atoms with Gasteiger partial charge in [0.15, 0.2) is 0 Å². The van der Waals surface area contributed by atoms with Crippen LogP contribution in [0.2, 0.25) is 0 Å². The van der Waals surface area contributed by atoms with E-state index in [1.807, 2.05) is 13.8 Å². The van der Waals surface area contributed by atoms with E-state index in [0.717, 1.165) is 22.9 Å². The van der Waals surface area contributed by atoms with Crippen molar-refractivity contribution in [3.05, 3.63) is 65.2 Å². The summed E-state index contributed by atoms with van der Waals surface area (Å²) in [5.41, 5.74) is 0.544. The van der Waals surface area contributed by atoms with Crippen LogP contribution in [-0.2, 0) is 27.7 Å². The van der Waals surface area contributed by atoms with Crippen LogP contribution in [0.3, 0.4) is 0 Å². The van der Waals surface area contributed by atoms with E-state index < -0.39 is 27.9 Å². The number of β-amino-alcohol motifs (C(OH)–C–C–N with tert-alkyl or cyclic N) is 1. The number of aryl methyl sites for hydroxylation is 2. The molecule has 35 heavy (non-hydrogen) atoms. The fourth-order valence-electron chi connectivity index (χ4n) is 3.71. The van der Waals surface area contributed by atoms with Crippen LogP contribution < -0.4 is 5.32 Å². The number of hydrogen-bond donors (Lipinski definition) is 3. The van der Waals surface area contributed by atoms with E-state index in [2.05, 4.69) is 5.32 Å². The number of halogens is 2. The zero-order valence-electron chi connectivity index (χ0n) is 20.3. The fraction of sp³-hybridized carbons (Fsp3) is 0.480. The fourth-order valence-corrected chi connectivity index (χ4v) is 5.00. The summed E-state index contributed by atoms with van der Waals surface area (Å²) in [6.07, 6.45) is 0.751. The zero-order valence-corrected chi connectivity index (χ0v) is 21.1. The average Bonchev–Trinajstić information content (AvgIpc) is 2.77. The molecule has 0 bridgehead atoms. The van der Waals surface area contributed by atoms with Crippen molar-refractivity contribution in [3.8, 4) is 0 Å². The molecule has 0 aromatic heterocycles. The predicted molar refractivity (Wildman–Crippen MR) is 130 cm³/mol. The molecule has 1 unspecified atom stereocenters. The number of aliphatic carboxylic acids is 1. The highest BCUT2D eigenvalue weighted by Gasteiger charge is 2.26. The van der Waals surface area contributed by atoms with Crippen molar-refractivity contribution < 1.29 is 32.2 Å². The van der Waals surface area contributed by atoms with Crippen LogP contribution in [0.4, 0.5) is 8.78 Å². The second-order valence-electron chi connectivity index (χ2n) is 9.34. The Kier molecular flexibility index (Phi) is 10.3. The van der Waals surface area contributed by atoms with Crippen LogP contribution >= 0.6 is 0 Å². The Balaban J connectivity index is 1.90. The van der Waals surface area contributed by atoms with Gasteiger partial charge in [-0.1, -0.05) is 18.2 Å². The van der Waals surface area contributed by atoms with Gasteiger partial charge < -0.3 is 15.5 Å². The molecular weight excluding hydrogens is 478 g/mol. The van der Waals surface area contributed by atoms with Crippen molar-refractivity contribution in [2.24, 2.45) is 0 Å². The number of rotatable bonds is 14. The normalized spacial score (nSPS) is 13.2. The molecule has 0 aliphatic heterocycles. The first-order valence-electron chi connectivity index (χ1n) is 11.4. The Bertz CT molecular complexity index is 1110. The highest BCUT2D eigenvalue weighted by atomic mass is 32.2. The molecule has 1 atom stereocenters. The van der Waals surface area contributed by atoms with E-state index in [-0.39, 0.29) is 47.7 Å². The quantitative estimate of drug-likeness (QED) is 0.358. The second-order valence-corrected chi connectivity index (χ2v) is 11.4. The maximum atomic E-state index is 14.0. The first-order valence-corrected chi connectivity index (χ1v) is 12.9. The van der Waals surface area contributed by atoms with Crippen molar-refractivity contribution in [2.75, 3.05) is 20.1 Å². The maximum Gasteiger partial charge on any atom is 0.303 e. The molecule has 194 valence electrons. The summed E-state index contributed by atoms with van der Waals surface area (Å²) in [6, 6.07) is 9.86. The summed E-state index contributed by atoms with van der Waals surface area (Å²) in [7, 11) is -2.81. The first-order chi connectivity index (χ1) is 16.3. The van der Waals surface area contributed by atoms with Crippen LogP contribution in [0.5, 0.6) is 0 Å². The molecule has 0 amide bonds. The molecule has 2 aromatic rings. The van der Waals surface area contributed by atoms with Gasteiger partial charge in [0.2, 0.25) is 10.0 Å². The lowest BCUT2D eigenvalue weighted by Gasteiger charge is -2.29. The average molecular weight is 513 g/mol. The summed E-state index contributed by atoms with van der Waals surface area (Å²) >= 11 is 0. The molecule has 0 saturated carbocycles. The number of likely N-dealkylation sites (N-methyl/N-ethyl adjacent to an activating group) is 1. The van der Waals surface area contributed by atoms with E-state index in [0.29, 0.717) is 18.4 Å². The minimum absolute atomic E-state index is 0.00211. The van der Waals surface area contributed by atoms with Gasteiger partial charge in [0.1, 0.15) is 11.6 Å². The topological polar surface area (TPSA) is 107 Å². The van der Waals surface area contributed by atoms with Gasteiger partial charge in [0, 0.05) is 32.1 Å². The molecule has 0 heterocycles. The minimum Gasteiger partial charge on any atom is -0.481 e. The van der Waals surface area contributed by atoms with Gasteiger partial charge in [0.25, 0.3) is 0 Å². The van der Waals surface area contributed by atoms with Gasteiger partial charge in [-0.15, -0.1) is 0 Å². The number of carboxylic acid groups (broad SMARTS) is 1. The third-order valence-corrected chi connectivity index (χ3v) is 7.56. The number of aliphatic hydroxyl groups is 1. The third-order valence-electron chi connectivity index (χ3n) is 5.76. The predicted octanol–water partition coefficient (Wildman–Crippen LogP) is 3.35. The van der Waals surface area contributed by atoms with Crippen LogP contribution in [-0.4, -0.2) is 60.7 Å². The number of hydrogen-bond acceptors (Lipinski definition) is 5. The van der Waals surface area contributed by atoms with Crippen LogP contribution in [0.1, 0.15) is 44.2 Å². The molecular formula is C25H34F2N2O5S. The summed E-state index contributed by atoms with van der Waals surface area (Å²) in [5, 5.41) is 22.5. The van der Waals surface area contributed by atoms with Gasteiger partial charge in [-0.2, -0.15) is 4.31 Å². The van der Waals surface area contributed by atoms with E-state index in [4.69, 9.17) is 5.11 Å². The van der Waals surface area contributed by atoms with Crippen molar-refractivity contribution in [3.63, 3.8) is 0 Å². The van der Waals surface area contributed by atoms with Gasteiger partial charge >= 0.3 is 5.97 Å². The standard InChI is InChI=1S/C25H34F2N2O5S/c1-25(2,12-6-8-19-7-4-5-9-23(19)27)28-16-21(30)17-29(3)35(33,34)22-14-18(10-11-24(31)32)13-20(26)15-22/h4-5,7,9,13-15,21,28,30H,6,8,10-12,16-17H2,1-3H3,(H,31,32). The number of sulfonamides is 1.